The Balaban J connectivity index is 1.83. The maximum absolute atomic E-state index is 12.4. The standard InChI is InChI=1S/C22H23N5O2/c1-14-20(15(2)26(3)23-14)18-11-7-10-17-13-27(24-21(17)18)19(22(28)25-29)12-16-8-5-4-6-9-16/h4-11,13,19,29H,12H2,1-3H3,(H,25,28). The van der Waals surface area contributed by atoms with Gasteiger partial charge >= 0.3 is 0 Å². The molecule has 0 saturated carbocycles. The summed E-state index contributed by atoms with van der Waals surface area (Å²) in [6, 6.07) is 15.0. The molecule has 0 aliphatic rings. The van der Waals surface area contributed by atoms with Gasteiger partial charge in [-0.1, -0.05) is 48.5 Å². The first-order chi connectivity index (χ1) is 14.0. The predicted molar refractivity (Wildman–Crippen MR) is 111 cm³/mol. The number of benzene rings is 2. The first-order valence-corrected chi connectivity index (χ1v) is 9.46. The van der Waals surface area contributed by atoms with Gasteiger partial charge in [-0.2, -0.15) is 10.2 Å². The van der Waals surface area contributed by atoms with Crippen LogP contribution in [0.25, 0.3) is 22.0 Å². The predicted octanol–water partition coefficient (Wildman–Crippen LogP) is 3.34. The molecular weight excluding hydrogens is 366 g/mol. The van der Waals surface area contributed by atoms with Gasteiger partial charge < -0.3 is 0 Å². The third-order valence-electron chi connectivity index (χ3n) is 5.34. The minimum atomic E-state index is -0.668. The second kappa shape index (κ2) is 7.52. The van der Waals surface area contributed by atoms with Crippen molar-refractivity contribution in [3.05, 3.63) is 71.7 Å². The lowest BCUT2D eigenvalue weighted by Crippen LogP contribution is -2.32. The fourth-order valence-electron chi connectivity index (χ4n) is 3.81. The summed E-state index contributed by atoms with van der Waals surface area (Å²) >= 11 is 0. The Kier molecular flexibility index (Phi) is 4.90. The van der Waals surface area contributed by atoms with E-state index in [-0.39, 0.29) is 0 Å². The van der Waals surface area contributed by atoms with Gasteiger partial charge in [0, 0.05) is 41.9 Å². The van der Waals surface area contributed by atoms with Gasteiger partial charge in [0.25, 0.3) is 5.91 Å². The second-order valence-electron chi connectivity index (χ2n) is 7.20. The Bertz CT molecular complexity index is 1180. The van der Waals surface area contributed by atoms with E-state index in [0.717, 1.165) is 39.0 Å². The highest BCUT2D eigenvalue weighted by atomic mass is 16.5. The highest BCUT2D eigenvalue weighted by Gasteiger charge is 2.23. The van der Waals surface area contributed by atoms with Crippen LogP contribution in [0.15, 0.2) is 54.7 Å². The number of nitrogens with zero attached hydrogens (tertiary/aromatic N) is 4. The van der Waals surface area contributed by atoms with Crippen LogP contribution in [0.3, 0.4) is 0 Å². The molecule has 29 heavy (non-hydrogen) atoms. The average Bonchev–Trinajstić information content (AvgIpc) is 3.27. The third kappa shape index (κ3) is 3.40. The van der Waals surface area contributed by atoms with E-state index >= 15 is 0 Å². The third-order valence-corrected chi connectivity index (χ3v) is 5.34. The topological polar surface area (TPSA) is 85.0 Å². The number of carbonyl (C=O) groups is 1. The average molecular weight is 389 g/mol. The summed E-state index contributed by atoms with van der Waals surface area (Å²) < 4.78 is 3.49. The Morgan fingerprint density at radius 3 is 2.52 bits per heavy atom. The molecule has 7 nitrogen and oxygen atoms in total. The van der Waals surface area contributed by atoms with Crippen LogP contribution in [0.2, 0.25) is 0 Å². The normalized spacial score (nSPS) is 12.3. The number of amides is 1. The monoisotopic (exact) mass is 389 g/mol. The number of fused-ring (bicyclic) bond motifs is 1. The van der Waals surface area contributed by atoms with Crippen molar-refractivity contribution in [3.63, 3.8) is 0 Å². The van der Waals surface area contributed by atoms with Crippen molar-refractivity contribution in [2.45, 2.75) is 26.3 Å². The molecule has 2 aromatic carbocycles. The van der Waals surface area contributed by atoms with E-state index in [1.54, 1.807) is 10.2 Å². The van der Waals surface area contributed by atoms with Crippen LogP contribution in [0.5, 0.6) is 0 Å². The lowest BCUT2D eigenvalue weighted by atomic mass is 10.0. The summed E-state index contributed by atoms with van der Waals surface area (Å²) in [6.07, 6.45) is 2.27. The molecule has 0 bridgehead atoms. The minimum Gasteiger partial charge on any atom is -0.289 e. The number of rotatable bonds is 5. The molecule has 7 heteroatoms. The van der Waals surface area contributed by atoms with E-state index in [0.29, 0.717) is 6.42 Å². The van der Waals surface area contributed by atoms with Gasteiger partial charge in [0.15, 0.2) is 0 Å². The molecule has 148 valence electrons. The maximum Gasteiger partial charge on any atom is 0.268 e. The minimum absolute atomic E-state index is 0.418. The van der Waals surface area contributed by atoms with Crippen molar-refractivity contribution in [1.29, 1.82) is 0 Å². The van der Waals surface area contributed by atoms with Crippen LogP contribution < -0.4 is 5.48 Å². The first kappa shape index (κ1) is 18.9. The number of aromatic nitrogens is 4. The van der Waals surface area contributed by atoms with E-state index in [4.69, 9.17) is 5.10 Å². The molecule has 1 atom stereocenters. The van der Waals surface area contributed by atoms with Gasteiger partial charge in [-0.3, -0.25) is 19.4 Å². The fourth-order valence-corrected chi connectivity index (χ4v) is 3.81. The molecule has 4 aromatic rings. The van der Waals surface area contributed by atoms with Crippen LogP contribution in [0.4, 0.5) is 0 Å². The number of hydrogen-bond donors (Lipinski definition) is 2. The van der Waals surface area contributed by atoms with Crippen LogP contribution >= 0.6 is 0 Å². The van der Waals surface area contributed by atoms with Crippen molar-refractivity contribution in [2.75, 3.05) is 0 Å². The number of hydrogen-bond acceptors (Lipinski definition) is 4. The Hall–Kier alpha value is -3.45. The zero-order chi connectivity index (χ0) is 20.5. The molecule has 0 saturated heterocycles. The van der Waals surface area contributed by atoms with Crippen LogP contribution in [-0.2, 0) is 18.3 Å². The zero-order valence-corrected chi connectivity index (χ0v) is 16.6. The summed E-state index contributed by atoms with van der Waals surface area (Å²) in [5.41, 5.74) is 7.59. The second-order valence-corrected chi connectivity index (χ2v) is 7.20. The van der Waals surface area contributed by atoms with Gasteiger partial charge in [-0.25, -0.2) is 5.48 Å². The Labute approximate surface area is 168 Å². The van der Waals surface area contributed by atoms with Gasteiger partial charge in [0.2, 0.25) is 0 Å². The highest BCUT2D eigenvalue weighted by molar-refractivity contribution is 5.95. The Morgan fingerprint density at radius 1 is 1.10 bits per heavy atom. The van der Waals surface area contributed by atoms with E-state index < -0.39 is 11.9 Å². The smallest absolute Gasteiger partial charge is 0.268 e. The van der Waals surface area contributed by atoms with Crippen molar-refractivity contribution >= 4 is 16.8 Å². The van der Waals surface area contributed by atoms with Crippen molar-refractivity contribution < 1.29 is 10.0 Å². The van der Waals surface area contributed by atoms with Crippen LogP contribution in [0.1, 0.15) is 23.0 Å². The molecular formula is C22H23N5O2. The molecule has 0 aliphatic carbocycles. The fraction of sp³-hybridized carbons (Fsp3) is 0.227. The number of carbonyl (C=O) groups excluding carboxylic acids is 1. The molecule has 0 aliphatic heterocycles. The van der Waals surface area contributed by atoms with Crippen molar-refractivity contribution in [1.82, 2.24) is 25.0 Å². The molecule has 2 heterocycles. The molecule has 4 rings (SSSR count). The summed E-state index contributed by atoms with van der Waals surface area (Å²) in [6.45, 7) is 4.01. The molecule has 2 N–H and O–H groups in total. The number of aryl methyl sites for hydroxylation is 2. The van der Waals surface area contributed by atoms with Gasteiger partial charge in [0.1, 0.15) is 11.6 Å². The van der Waals surface area contributed by atoms with Crippen molar-refractivity contribution in [2.24, 2.45) is 7.05 Å². The van der Waals surface area contributed by atoms with Crippen molar-refractivity contribution in [3.8, 4) is 11.1 Å². The summed E-state index contributed by atoms with van der Waals surface area (Å²) in [7, 11) is 1.92. The maximum atomic E-state index is 12.4. The first-order valence-electron chi connectivity index (χ1n) is 9.46. The summed E-state index contributed by atoms with van der Waals surface area (Å²) in [5, 5.41) is 19.5. The molecule has 1 amide bonds. The van der Waals surface area contributed by atoms with Gasteiger partial charge in [-0.05, 0) is 19.4 Å². The van der Waals surface area contributed by atoms with Gasteiger partial charge in [-0.15, -0.1) is 0 Å². The van der Waals surface area contributed by atoms with Gasteiger partial charge in [0.05, 0.1) is 5.69 Å². The largest absolute Gasteiger partial charge is 0.289 e. The lowest BCUT2D eigenvalue weighted by molar-refractivity contribution is -0.132. The molecule has 0 fully saturated rings. The number of hydroxylamine groups is 1. The van der Waals surface area contributed by atoms with Crippen LogP contribution in [0, 0.1) is 13.8 Å². The molecule has 2 aromatic heterocycles. The Morgan fingerprint density at radius 2 is 1.86 bits per heavy atom. The molecule has 0 spiro atoms. The van der Waals surface area contributed by atoms with E-state index in [2.05, 4.69) is 5.10 Å². The van der Waals surface area contributed by atoms with E-state index in [1.807, 2.05) is 80.3 Å². The van der Waals surface area contributed by atoms with E-state index in [9.17, 15) is 10.0 Å². The zero-order valence-electron chi connectivity index (χ0n) is 16.6. The van der Waals surface area contributed by atoms with E-state index in [1.165, 1.54) is 0 Å². The quantitative estimate of drug-likeness (QED) is 0.405. The SMILES string of the molecule is Cc1nn(C)c(C)c1-c1cccc2cn(C(Cc3ccccc3)C(=O)NO)nc12. The highest BCUT2D eigenvalue weighted by Crippen LogP contribution is 2.32. The molecule has 1 unspecified atom stereocenters. The molecule has 0 radical (unpaired) electrons. The summed E-state index contributed by atoms with van der Waals surface area (Å²) in [4.78, 5) is 12.4. The summed E-state index contributed by atoms with van der Waals surface area (Å²) in [5.74, 6) is -0.503. The van der Waals surface area contributed by atoms with Crippen LogP contribution in [-0.4, -0.2) is 30.7 Å². The number of nitrogens with one attached hydrogen (secondary N) is 1. The lowest BCUT2D eigenvalue weighted by Gasteiger charge is -2.15.